The van der Waals surface area contributed by atoms with Gasteiger partial charge in [-0.25, -0.2) is 14.8 Å². The summed E-state index contributed by atoms with van der Waals surface area (Å²) in [5.41, 5.74) is 0.999. The molecule has 0 unspecified atom stereocenters. The Morgan fingerprint density at radius 1 is 1.33 bits per heavy atom. The second-order valence-electron chi connectivity index (χ2n) is 4.80. The average Bonchev–Trinajstić information content (AvgIpc) is 2.46. The first-order valence-corrected chi connectivity index (χ1v) is 6.82. The van der Waals surface area contributed by atoms with Crippen molar-refractivity contribution in [1.82, 2.24) is 9.97 Å². The molecule has 0 atom stereocenters. The molecule has 0 spiro atoms. The maximum atomic E-state index is 10.9. The highest BCUT2D eigenvalue weighted by Gasteiger charge is 2.12. The first kappa shape index (κ1) is 15.3. The highest BCUT2D eigenvalue weighted by molar-refractivity contribution is 6.33. The zero-order chi connectivity index (χ0) is 15.4. The number of hydrogen-bond donors (Lipinski definition) is 1. The van der Waals surface area contributed by atoms with Crippen molar-refractivity contribution in [2.75, 3.05) is 0 Å². The minimum Gasteiger partial charge on any atom is -0.486 e. The molecule has 1 aromatic carbocycles. The molecule has 0 aliphatic carbocycles. The third-order valence-corrected chi connectivity index (χ3v) is 3.19. The summed E-state index contributed by atoms with van der Waals surface area (Å²) in [5, 5.41) is 8.95. The molecule has 110 valence electrons. The fraction of sp³-hybridized carbons (Fsp3) is 0.267. The van der Waals surface area contributed by atoms with E-state index in [1.54, 1.807) is 0 Å². The van der Waals surface area contributed by atoms with Crippen LogP contribution in [0.1, 0.15) is 41.6 Å². The number of ether oxygens (including phenoxy) is 1. The van der Waals surface area contributed by atoms with Gasteiger partial charge in [-0.05, 0) is 23.6 Å². The molecule has 5 nitrogen and oxygen atoms in total. The van der Waals surface area contributed by atoms with Crippen LogP contribution in [0.15, 0.2) is 30.5 Å². The summed E-state index contributed by atoms with van der Waals surface area (Å²) in [4.78, 5) is 18.7. The van der Waals surface area contributed by atoms with Crippen molar-refractivity contribution in [3.05, 3.63) is 52.6 Å². The standard InChI is InChI=1S/C15H15ClN2O3/c1-9(2)10-3-5-11(6-4-10)21-8-13-17-7-12(16)14(18-13)15(19)20/h3-7,9H,8H2,1-2H3,(H,19,20). The summed E-state index contributed by atoms with van der Waals surface area (Å²) in [6.07, 6.45) is 1.26. The smallest absolute Gasteiger partial charge is 0.356 e. The Kier molecular flexibility index (Phi) is 4.75. The quantitative estimate of drug-likeness (QED) is 0.915. The Hall–Kier alpha value is -2.14. The van der Waals surface area contributed by atoms with Gasteiger partial charge in [0.2, 0.25) is 0 Å². The third kappa shape index (κ3) is 3.92. The third-order valence-electron chi connectivity index (χ3n) is 2.91. The van der Waals surface area contributed by atoms with E-state index in [4.69, 9.17) is 21.4 Å². The fourth-order valence-electron chi connectivity index (χ4n) is 1.72. The summed E-state index contributed by atoms with van der Waals surface area (Å²) < 4.78 is 5.54. The number of hydrogen-bond acceptors (Lipinski definition) is 4. The van der Waals surface area contributed by atoms with E-state index in [9.17, 15) is 4.79 Å². The molecule has 0 bridgehead atoms. The van der Waals surface area contributed by atoms with E-state index in [1.807, 2.05) is 24.3 Å². The van der Waals surface area contributed by atoms with Crippen molar-refractivity contribution in [3.8, 4) is 5.75 Å². The van der Waals surface area contributed by atoms with Crippen LogP contribution in [0.4, 0.5) is 0 Å². The molecule has 6 heteroatoms. The molecule has 0 saturated carbocycles. The van der Waals surface area contributed by atoms with E-state index in [1.165, 1.54) is 11.8 Å². The predicted octanol–water partition coefficient (Wildman–Crippen LogP) is 3.53. The van der Waals surface area contributed by atoms with E-state index in [0.29, 0.717) is 11.7 Å². The van der Waals surface area contributed by atoms with Gasteiger partial charge in [0.25, 0.3) is 0 Å². The molecule has 21 heavy (non-hydrogen) atoms. The number of rotatable bonds is 5. The van der Waals surface area contributed by atoms with Gasteiger partial charge in [-0.3, -0.25) is 0 Å². The second kappa shape index (κ2) is 6.54. The summed E-state index contributed by atoms with van der Waals surface area (Å²) in [6.45, 7) is 4.31. The summed E-state index contributed by atoms with van der Waals surface area (Å²) in [6, 6.07) is 7.71. The minimum atomic E-state index is -1.19. The lowest BCUT2D eigenvalue weighted by molar-refractivity contribution is 0.0689. The van der Waals surface area contributed by atoms with Gasteiger partial charge in [-0.15, -0.1) is 0 Å². The van der Waals surface area contributed by atoms with E-state index in [2.05, 4.69) is 23.8 Å². The Bertz CT molecular complexity index is 642. The normalized spacial score (nSPS) is 10.7. The SMILES string of the molecule is CC(C)c1ccc(OCc2ncc(Cl)c(C(=O)O)n2)cc1. The number of carboxylic acid groups (broad SMARTS) is 1. The Morgan fingerprint density at radius 3 is 2.57 bits per heavy atom. The summed E-state index contributed by atoms with van der Waals surface area (Å²) in [7, 11) is 0. The molecule has 0 aliphatic rings. The fourth-order valence-corrected chi connectivity index (χ4v) is 1.89. The molecule has 0 radical (unpaired) electrons. The zero-order valence-electron chi connectivity index (χ0n) is 11.7. The predicted molar refractivity (Wildman–Crippen MR) is 78.9 cm³/mol. The van der Waals surface area contributed by atoms with E-state index < -0.39 is 5.97 Å². The number of nitrogens with zero attached hydrogens (tertiary/aromatic N) is 2. The zero-order valence-corrected chi connectivity index (χ0v) is 12.5. The summed E-state index contributed by atoms with van der Waals surface area (Å²) >= 11 is 5.71. The van der Waals surface area contributed by atoms with Crippen LogP contribution in [-0.4, -0.2) is 21.0 Å². The van der Waals surface area contributed by atoms with E-state index in [-0.39, 0.29) is 23.1 Å². The highest BCUT2D eigenvalue weighted by Crippen LogP contribution is 2.19. The van der Waals surface area contributed by atoms with Crippen LogP contribution in [0.2, 0.25) is 5.02 Å². The van der Waals surface area contributed by atoms with E-state index >= 15 is 0 Å². The molecule has 1 heterocycles. The van der Waals surface area contributed by atoms with Crippen LogP contribution in [0.25, 0.3) is 0 Å². The Labute approximate surface area is 127 Å². The number of carbonyl (C=O) groups is 1. The number of carboxylic acids is 1. The molecule has 1 aromatic heterocycles. The number of aromatic carboxylic acids is 1. The van der Waals surface area contributed by atoms with Gasteiger partial charge in [0.05, 0.1) is 11.2 Å². The largest absolute Gasteiger partial charge is 0.486 e. The highest BCUT2D eigenvalue weighted by atomic mass is 35.5. The van der Waals surface area contributed by atoms with Gasteiger partial charge >= 0.3 is 5.97 Å². The summed E-state index contributed by atoms with van der Waals surface area (Å²) in [5.74, 6) is 0.210. The van der Waals surface area contributed by atoms with Gasteiger partial charge in [0.1, 0.15) is 12.4 Å². The lowest BCUT2D eigenvalue weighted by Crippen LogP contribution is -2.08. The van der Waals surface area contributed by atoms with Crippen molar-refractivity contribution in [3.63, 3.8) is 0 Å². The molecule has 1 N–H and O–H groups in total. The maximum Gasteiger partial charge on any atom is 0.356 e. The Balaban J connectivity index is 2.06. The number of halogens is 1. The first-order chi connectivity index (χ1) is 9.97. The van der Waals surface area contributed by atoms with Gasteiger partial charge in [0.15, 0.2) is 11.5 Å². The van der Waals surface area contributed by atoms with Crippen LogP contribution in [0.3, 0.4) is 0 Å². The molecule has 0 amide bonds. The van der Waals surface area contributed by atoms with E-state index in [0.717, 1.165) is 0 Å². The molecule has 0 saturated heterocycles. The van der Waals surface area contributed by atoms with Crippen molar-refractivity contribution in [2.45, 2.75) is 26.4 Å². The van der Waals surface area contributed by atoms with Crippen LogP contribution >= 0.6 is 11.6 Å². The minimum absolute atomic E-state index is 0.00698. The molecule has 0 aliphatic heterocycles. The van der Waals surface area contributed by atoms with Crippen LogP contribution < -0.4 is 4.74 Å². The van der Waals surface area contributed by atoms with Crippen molar-refractivity contribution < 1.29 is 14.6 Å². The molecule has 0 fully saturated rings. The van der Waals surface area contributed by atoms with Gasteiger partial charge < -0.3 is 9.84 Å². The van der Waals surface area contributed by atoms with Crippen molar-refractivity contribution in [2.24, 2.45) is 0 Å². The molecule has 2 aromatic rings. The van der Waals surface area contributed by atoms with Crippen molar-refractivity contribution >= 4 is 17.6 Å². The van der Waals surface area contributed by atoms with Gasteiger partial charge in [0, 0.05) is 0 Å². The molecule has 2 rings (SSSR count). The number of aromatic nitrogens is 2. The lowest BCUT2D eigenvalue weighted by Gasteiger charge is -2.08. The van der Waals surface area contributed by atoms with Crippen LogP contribution in [0.5, 0.6) is 5.75 Å². The topological polar surface area (TPSA) is 72.3 Å². The lowest BCUT2D eigenvalue weighted by atomic mass is 10.0. The van der Waals surface area contributed by atoms with Crippen molar-refractivity contribution in [1.29, 1.82) is 0 Å². The molecular weight excluding hydrogens is 292 g/mol. The Morgan fingerprint density at radius 2 is 2.00 bits per heavy atom. The second-order valence-corrected chi connectivity index (χ2v) is 5.21. The van der Waals surface area contributed by atoms with Gasteiger partial charge in [-0.2, -0.15) is 0 Å². The molecular formula is C15H15ClN2O3. The monoisotopic (exact) mass is 306 g/mol. The number of benzene rings is 1. The van der Waals surface area contributed by atoms with Gasteiger partial charge in [-0.1, -0.05) is 37.6 Å². The van der Waals surface area contributed by atoms with Crippen LogP contribution in [-0.2, 0) is 6.61 Å². The average molecular weight is 307 g/mol. The maximum absolute atomic E-state index is 10.9. The first-order valence-electron chi connectivity index (χ1n) is 6.45. The van der Waals surface area contributed by atoms with Crippen LogP contribution in [0, 0.1) is 0 Å².